The zero-order valence-corrected chi connectivity index (χ0v) is 19.2. The van der Waals surface area contributed by atoms with E-state index in [0.717, 1.165) is 5.56 Å². The normalized spacial score (nSPS) is 13.7. The average Bonchev–Trinajstić information content (AvgIpc) is 2.89. The Morgan fingerprint density at radius 2 is 1.40 bits per heavy atom. The highest BCUT2D eigenvalue weighted by Gasteiger charge is 2.25. The number of amides is 1. The van der Waals surface area contributed by atoms with Crippen molar-refractivity contribution in [2.24, 2.45) is 0 Å². The molecule has 0 spiro atoms. The van der Waals surface area contributed by atoms with Gasteiger partial charge in [-0.1, -0.05) is 6.07 Å². The van der Waals surface area contributed by atoms with Gasteiger partial charge in [0, 0.05) is 43.5 Å². The molecule has 0 unspecified atom stereocenters. The minimum absolute atomic E-state index is 0.0764. The number of pyridine rings is 1. The van der Waals surface area contributed by atoms with Gasteiger partial charge in [0.2, 0.25) is 0 Å². The molecule has 176 valence electrons. The summed E-state index contributed by atoms with van der Waals surface area (Å²) >= 11 is 0. The summed E-state index contributed by atoms with van der Waals surface area (Å²) < 4.78 is 27.0. The van der Waals surface area contributed by atoms with Crippen molar-refractivity contribution in [3.63, 3.8) is 0 Å². The number of nitrogens with zero attached hydrogens (tertiary/aromatic N) is 5. The van der Waals surface area contributed by atoms with Gasteiger partial charge in [-0.2, -0.15) is 0 Å². The Hall–Kier alpha value is -4.20. The maximum atomic E-state index is 13.6. The van der Waals surface area contributed by atoms with Crippen molar-refractivity contribution in [1.82, 2.24) is 19.9 Å². The topological polar surface area (TPSA) is 62.2 Å². The van der Waals surface area contributed by atoms with Gasteiger partial charge in [0.05, 0.1) is 17.6 Å². The summed E-state index contributed by atoms with van der Waals surface area (Å²) in [6.45, 7) is 4.12. The second-order valence-corrected chi connectivity index (χ2v) is 8.39. The fourth-order valence-corrected chi connectivity index (χ4v) is 4.16. The molecule has 0 bridgehead atoms. The van der Waals surface area contributed by atoms with E-state index in [1.807, 2.05) is 19.1 Å². The fraction of sp³-hybridized carbons (Fsp3) is 0.185. The molecule has 35 heavy (non-hydrogen) atoms. The first-order valence-electron chi connectivity index (χ1n) is 11.3. The fourth-order valence-electron chi connectivity index (χ4n) is 4.16. The van der Waals surface area contributed by atoms with Crippen LogP contribution in [-0.4, -0.2) is 51.9 Å². The Balaban J connectivity index is 1.41. The van der Waals surface area contributed by atoms with E-state index in [1.165, 1.54) is 24.3 Å². The van der Waals surface area contributed by atoms with Gasteiger partial charge in [-0.15, -0.1) is 0 Å². The Morgan fingerprint density at radius 3 is 2.00 bits per heavy atom. The molecule has 0 saturated carbocycles. The lowest BCUT2D eigenvalue weighted by atomic mass is 10.0. The number of aryl methyl sites for hydroxylation is 1. The first kappa shape index (κ1) is 22.6. The highest BCUT2D eigenvalue weighted by Crippen LogP contribution is 2.31. The van der Waals surface area contributed by atoms with Crippen molar-refractivity contribution in [2.45, 2.75) is 6.92 Å². The largest absolute Gasteiger partial charge is 0.352 e. The predicted molar refractivity (Wildman–Crippen MR) is 130 cm³/mol. The number of halogens is 2. The van der Waals surface area contributed by atoms with Gasteiger partial charge < -0.3 is 9.80 Å². The number of hydrogen-bond donors (Lipinski definition) is 0. The summed E-state index contributed by atoms with van der Waals surface area (Å²) in [5.41, 5.74) is 3.91. The molecule has 3 heterocycles. The van der Waals surface area contributed by atoms with Gasteiger partial charge in [0.1, 0.15) is 23.1 Å². The average molecular weight is 472 g/mol. The summed E-state index contributed by atoms with van der Waals surface area (Å²) in [6, 6.07) is 15.8. The highest BCUT2D eigenvalue weighted by atomic mass is 19.1. The predicted octanol–water partition coefficient (Wildman–Crippen LogP) is 4.75. The number of benzene rings is 2. The maximum Gasteiger partial charge on any atom is 0.272 e. The lowest BCUT2D eigenvalue weighted by Gasteiger charge is -2.35. The third-order valence-corrected chi connectivity index (χ3v) is 6.10. The molecule has 8 heteroatoms. The van der Waals surface area contributed by atoms with Crippen LogP contribution in [0.3, 0.4) is 0 Å². The zero-order valence-electron chi connectivity index (χ0n) is 19.2. The lowest BCUT2D eigenvalue weighted by molar-refractivity contribution is 0.0740. The van der Waals surface area contributed by atoms with Gasteiger partial charge in [0.15, 0.2) is 0 Å². The van der Waals surface area contributed by atoms with Gasteiger partial charge in [-0.3, -0.25) is 14.8 Å². The zero-order chi connectivity index (χ0) is 24.4. The Labute approximate surface area is 201 Å². The van der Waals surface area contributed by atoms with Crippen molar-refractivity contribution in [1.29, 1.82) is 0 Å². The Bertz CT molecular complexity index is 1350. The lowest BCUT2D eigenvalue weighted by Crippen LogP contribution is -2.49. The molecule has 4 aromatic rings. The van der Waals surface area contributed by atoms with Crippen LogP contribution in [0.2, 0.25) is 0 Å². The van der Waals surface area contributed by atoms with Gasteiger partial charge in [0.25, 0.3) is 5.91 Å². The third kappa shape index (κ3) is 4.73. The van der Waals surface area contributed by atoms with E-state index in [1.54, 1.807) is 41.6 Å². The molecule has 1 fully saturated rings. The molecule has 0 N–H and O–H groups in total. The molecule has 0 radical (unpaired) electrons. The van der Waals surface area contributed by atoms with Crippen LogP contribution in [0.5, 0.6) is 0 Å². The van der Waals surface area contributed by atoms with Crippen molar-refractivity contribution < 1.29 is 13.6 Å². The third-order valence-electron chi connectivity index (χ3n) is 6.10. The Kier molecular flexibility index (Phi) is 6.18. The molecule has 1 amide bonds. The minimum Gasteiger partial charge on any atom is -0.352 e. The molecule has 0 aliphatic carbocycles. The van der Waals surface area contributed by atoms with Crippen LogP contribution in [0.1, 0.15) is 16.1 Å². The number of rotatable bonds is 4. The van der Waals surface area contributed by atoms with Gasteiger partial charge in [-0.05, 0) is 67.1 Å². The number of piperazine rings is 1. The molecule has 1 aliphatic heterocycles. The first-order valence-corrected chi connectivity index (χ1v) is 11.3. The van der Waals surface area contributed by atoms with E-state index in [0.29, 0.717) is 60.2 Å². The molecule has 6 nitrogen and oxygen atoms in total. The molecular formula is C27H23F2N5O. The standard InChI is InChI=1S/C27H23F2N5O/c1-18-3-2-12-30-24(18)27(35)34-15-13-33(14-16-34)23-17-31-25(19-4-8-21(28)9-5-19)26(32-23)20-6-10-22(29)11-7-20/h2-12,17H,13-16H2,1H3. The molecule has 0 atom stereocenters. The number of hydrogen-bond acceptors (Lipinski definition) is 5. The summed E-state index contributed by atoms with van der Waals surface area (Å²) in [4.78, 5) is 30.6. The second kappa shape index (κ2) is 9.58. The quantitative estimate of drug-likeness (QED) is 0.430. The molecule has 1 saturated heterocycles. The Morgan fingerprint density at radius 1 is 0.800 bits per heavy atom. The van der Waals surface area contributed by atoms with Crippen LogP contribution in [0, 0.1) is 18.6 Å². The van der Waals surface area contributed by atoms with E-state index in [9.17, 15) is 13.6 Å². The monoisotopic (exact) mass is 471 g/mol. The van der Waals surface area contributed by atoms with E-state index >= 15 is 0 Å². The molecule has 1 aliphatic rings. The van der Waals surface area contributed by atoms with Crippen LogP contribution < -0.4 is 4.90 Å². The van der Waals surface area contributed by atoms with Gasteiger partial charge in [-0.25, -0.2) is 13.8 Å². The van der Waals surface area contributed by atoms with Crippen LogP contribution in [0.4, 0.5) is 14.6 Å². The van der Waals surface area contributed by atoms with E-state index in [-0.39, 0.29) is 17.5 Å². The van der Waals surface area contributed by atoms with Gasteiger partial charge >= 0.3 is 0 Å². The van der Waals surface area contributed by atoms with Crippen molar-refractivity contribution >= 4 is 11.7 Å². The van der Waals surface area contributed by atoms with Crippen molar-refractivity contribution in [3.05, 3.63) is 95.9 Å². The summed E-state index contributed by atoms with van der Waals surface area (Å²) in [5, 5.41) is 0. The molecular weight excluding hydrogens is 448 g/mol. The molecule has 2 aromatic heterocycles. The van der Waals surface area contributed by atoms with Crippen molar-refractivity contribution in [2.75, 3.05) is 31.1 Å². The number of carbonyl (C=O) groups is 1. The van der Waals surface area contributed by atoms with Crippen LogP contribution in [0.25, 0.3) is 22.5 Å². The molecule has 5 rings (SSSR count). The second-order valence-electron chi connectivity index (χ2n) is 8.39. The minimum atomic E-state index is -0.342. The smallest absolute Gasteiger partial charge is 0.272 e. The SMILES string of the molecule is Cc1cccnc1C(=O)N1CCN(c2cnc(-c3ccc(F)cc3)c(-c3ccc(F)cc3)n2)CC1. The highest BCUT2D eigenvalue weighted by molar-refractivity contribution is 5.93. The van der Waals surface area contributed by atoms with Crippen LogP contribution in [0.15, 0.2) is 73.1 Å². The van der Waals surface area contributed by atoms with E-state index < -0.39 is 0 Å². The van der Waals surface area contributed by atoms with E-state index in [2.05, 4.69) is 14.9 Å². The first-order chi connectivity index (χ1) is 17.0. The van der Waals surface area contributed by atoms with Crippen molar-refractivity contribution in [3.8, 4) is 22.5 Å². The number of carbonyl (C=O) groups excluding carboxylic acids is 1. The summed E-state index contributed by atoms with van der Waals surface area (Å²) in [7, 11) is 0. The number of aromatic nitrogens is 3. The number of anilines is 1. The molecule has 2 aromatic carbocycles. The van der Waals surface area contributed by atoms with E-state index in [4.69, 9.17) is 4.98 Å². The maximum absolute atomic E-state index is 13.6. The summed E-state index contributed by atoms with van der Waals surface area (Å²) in [6.07, 6.45) is 3.32. The van der Waals surface area contributed by atoms with Crippen LogP contribution in [-0.2, 0) is 0 Å². The summed E-state index contributed by atoms with van der Waals surface area (Å²) in [5.74, 6) is -0.0936. The van der Waals surface area contributed by atoms with Crippen LogP contribution >= 0.6 is 0 Å².